The highest BCUT2D eigenvalue weighted by molar-refractivity contribution is 5.82. The third-order valence-corrected chi connectivity index (χ3v) is 11.7. The summed E-state index contributed by atoms with van der Waals surface area (Å²) in [6, 6.07) is 0. The molecular formula is C42H68O6. The predicted octanol–water partition coefficient (Wildman–Crippen LogP) is 9.68. The summed E-state index contributed by atoms with van der Waals surface area (Å²) in [4.78, 5) is 24.7. The van der Waals surface area contributed by atoms with Gasteiger partial charge in [-0.3, -0.25) is 9.59 Å². The summed E-state index contributed by atoms with van der Waals surface area (Å²) in [7, 11) is 0. The fourth-order valence-electron chi connectivity index (χ4n) is 9.03. The SMILES string of the molecule is CC(=O)O[C@H]1CC(C)(C)C(=CC/C(C)=C/CC/C(C)=C/CC/C=C(\C)CCCC(C)C(=O)C[C@@]23O[C@]2(C)C[C@@H](O)CC3(C)C)[C@](C)(O)C1. The Morgan fingerprint density at radius 1 is 0.875 bits per heavy atom. The van der Waals surface area contributed by atoms with Gasteiger partial charge in [0, 0.05) is 32.1 Å². The van der Waals surface area contributed by atoms with Crippen LogP contribution in [0.25, 0.3) is 0 Å². The van der Waals surface area contributed by atoms with Crippen LogP contribution in [0.2, 0.25) is 0 Å². The molecule has 0 aromatic rings. The van der Waals surface area contributed by atoms with Gasteiger partial charge in [0.2, 0.25) is 0 Å². The molecule has 1 unspecified atom stereocenters. The number of hydrogen-bond donors (Lipinski definition) is 2. The lowest BCUT2D eigenvalue weighted by Gasteiger charge is -2.46. The van der Waals surface area contributed by atoms with Crippen molar-refractivity contribution in [3.8, 4) is 0 Å². The lowest BCUT2D eigenvalue weighted by atomic mass is 9.61. The molecule has 2 N–H and O–H groups in total. The number of aliphatic hydroxyl groups is 2. The van der Waals surface area contributed by atoms with Gasteiger partial charge >= 0.3 is 5.97 Å². The zero-order valence-electron chi connectivity index (χ0n) is 32.3. The molecule has 1 aliphatic heterocycles. The third-order valence-electron chi connectivity index (χ3n) is 11.7. The molecule has 0 spiro atoms. The Labute approximate surface area is 292 Å². The largest absolute Gasteiger partial charge is 0.462 e. The topological polar surface area (TPSA) is 96.4 Å². The monoisotopic (exact) mass is 669 g/mol. The van der Waals surface area contributed by atoms with Gasteiger partial charge in [-0.2, -0.15) is 0 Å². The maximum absolute atomic E-state index is 13.2. The number of carbonyl (C=O) groups excluding carboxylic acids is 2. The first-order valence-corrected chi connectivity index (χ1v) is 18.6. The second kappa shape index (κ2) is 15.9. The van der Waals surface area contributed by atoms with Crippen molar-refractivity contribution in [1.82, 2.24) is 0 Å². The van der Waals surface area contributed by atoms with Crippen LogP contribution in [0.15, 0.2) is 46.6 Å². The normalized spacial score (nSPS) is 33.3. The molecule has 3 fully saturated rings. The van der Waals surface area contributed by atoms with E-state index < -0.39 is 11.2 Å². The quantitative estimate of drug-likeness (QED) is 0.0736. The number of epoxide rings is 1. The minimum atomic E-state index is -0.987. The zero-order chi connectivity index (χ0) is 36.1. The Balaban J connectivity index is 1.35. The third kappa shape index (κ3) is 10.3. The molecule has 1 heterocycles. The maximum Gasteiger partial charge on any atom is 0.302 e. The number of Topliss-reactive ketones (excluding diaryl/α,β-unsaturated/α-hetero) is 1. The number of rotatable bonds is 16. The molecule has 2 saturated carbocycles. The molecule has 0 bridgehead atoms. The van der Waals surface area contributed by atoms with Crippen LogP contribution in [0.3, 0.4) is 0 Å². The number of carbonyl (C=O) groups is 2. The number of hydrogen-bond acceptors (Lipinski definition) is 6. The molecule has 6 heteroatoms. The summed E-state index contributed by atoms with van der Waals surface area (Å²) in [5, 5.41) is 21.5. The minimum absolute atomic E-state index is 0.0265. The standard InChI is InChI=1S/C42H68O6/c1-29(18-14-19-31(3)22-23-37-38(6,7)26-35(47-33(5)43)27-40(37,10)46)16-12-13-17-30(2)20-15-21-32(4)36(45)28-42-39(8,9)24-34(44)25-41(42,11)48-42/h16-17,19,23,32,34-35,44,46H,12-15,18,20-22,24-28H2,1-11H3/b29-16+,30-17+,31-19+,37-23?/t32?,34-,35-,40+,41+,42-/m0/s1. The van der Waals surface area contributed by atoms with Gasteiger partial charge in [-0.1, -0.05) is 75.6 Å². The van der Waals surface area contributed by atoms with Crippen molar-refractivity contribution >= 4 is 11.8 Å². The number of unbranched alkanes of at least 4 members (excludes halogenated alkanes) is 1. The van der Waals surface area contributed by atoms with Crippen LogP contribution in [0.1, 0.15) is 160 Å². The molecule has 0 radical (unpaired) electrons. The van der Waals surface area contributed by atoms with Crippen LogP contribution in [-0.2, 0) is 19.1 Å². The van der Waals surface area contributed by atoms with Crippen molar-refractivity contribution in [2.24, 2.45) is 16.7 Å². The van der Waals surface area contributed by atoms with Gasteiger partial charge in [0.1, 0.15) is 17.5 Å². The van der Waals surface area contributed by atoms with Gasteiger partial charge in [0.15, 0.2) is 0 Å². The Bertz CT molecular complexity index is 1260. The van der Waals surface area contributed by atoms with E-state index in [-0.39, 0.29) is 40.5 Å². The van der Waals surface area contributed by atoms with Crippen LogP contribution < -0.4 is 0 Å². The number of allylic oxidation sites excluding steroid dienone is 7. The average Bonchev–Trinajstić information content (AvgIpc) is 3.53. The molecule has 3 rings (SSSR count). The molecule has 3 aliphatic rings. The molecular weight excluding hydrogens is 600 g/mol. The first-order valence-electron chi connectivity index (χ1n) is 18.6. The van der Waals surface area contributed by atoms with Gasteiger partial charge < -0.3 is 19.7 Å². The molecule has 6 atom stereocenters. The maximum atomic E-state index is 13.2. The number of esters is 1. The number of ketones is 1. The van der Waals surface area contributed by atoms with Crippen molar-refractivity contribution in [3.63, 3.8) is 0 Å². The highest BCUT2D eigenvalue weighted by Gasteiger charge is 2.76. The lowest BCUT2D eigenvalue weighted by molar-refractivity contribution is -0.152. The predicted molar refractivity (Wildman–Crippen MR) is 196 cm³/mol. The Morgan fingerprint density at radius 3 is 2.06 bits per heavy atom. The van der Waals surface area contributed by atoms with Crippen molar-refractivity contribution in [2.75, 3.05) is 0 Å². The van der Waals surface area contributed by atoms with E-state index in [1.165, 1.54) is 23.6 Å². The summed E-state index contributed by atoms with van der Waals surface area (Å²) >= 11 is 0. The van der Waals surface area contributed by atoms with E-state index in [1.807, 2.05) is 6.92 Å². The van der Waals surface area contributed by atoms with Crippen LogP contribution >= 0.6 is 0 Å². The zero-order valence-corrected chi connectivity index (χ0v) is 32.3. The molecule has 0 aromatic heterocycles. The Kier molecular flexibility index (Phi) is 13.4. The molecule has 1 saturated heterocycles. The van der Waals surface area contributed by atoms with E-state index in [9.17, 15) is 19.8 Å². The van der Waals surface area contributed by atoms with Gasteiger partial charge in [-0.05, 0) is 115 Å². The molecule has 2 aliphatic carbocycles. The number of fused-ring (bicyclic) bond motifs is 1. The van der Waals surface area contributed by atoms with E-state index in [1.54, 1.807) is 0 Å². The van der Waals surface area contributed by atoms with E-state index in [0.29, 0.717) is 31.5 Å². The highest BCUT2D eigenvalue weighted by Crippen LogP contribution is 2.67. The van der Waals surface area contributed by atoms with Crippen LogP contribution in [0.5, 0.6) is 0 Å². The van der Waals surface area contributed by atoms with Crippen molar-refractivity contribution in [1.29, 1.82) is 0 Å². The summed E-state index contributed by atoms with van der Waals surface area (Å²) in [6.07, 6.45) is 19.4. The minimum Gasteiger partial charge on any atom is -0.462 e. The fourth-order valence-corrected chi connectivity index (χ4v) is 9.03. The highest BCUT2D eigenvalue weighted by atomic mass is 16.6. The summed E-state index contributed by atoms with van der Waals surface area (Å²) < 4.78 is 11.7. The van der Waals surface area contributed by atoms with Gasteiger partial charge in [-0.25, -0.2) is 0 Å². The number of aliphatic hydroxyl groups excluding tert-OH is 1. The summed E-state index contributed by atoms with van der Waals surface area (Å²) in [6.45, 7) is 22.5. The first kappa shape index (κ1) is 40.4. The first-order chi connectivity index (χ1) is 22.1. The summed E-state index contributed by atoms with van der Waals surface area (Å²) in [5.41, 5.74) is 2.92. The molecule has 0 aromatic carbocycles. The van der Waals surface area contributed by atoms with Gasteiger partial charge in [0.25, 0.3) is 0 Å². The van der Waals surface area contributed by atoms with Crippen LogP contribution in [0, 0.1) is 16.7 Å². The Morgan fingerprint density at radius 2 is 1.48 bits per heavy atom. The molecule has 0 amide bonds. The van der Waals surface area contributed by atoms with E-state index in [2.05, 4.69) is 86.6 Å². The molecule has 48 heavy (non-hydrogen) atoms. The van der Waals surface area contributed by atoms with E-state index in [4.69, 9.17) is 9.47 Å². The second-order valence-corrected chi connectivity index (χ2v) is 17.4. The van der Waals surface area contributed by atoms with Gasteiger partial charge in [-0.15, -0.1) is 0 Å². The van der Waals surface area contributed by atoms with E-state index in [0.717, 1.165) is 63.4 Å². The van der Waals surface area contributed by atoms with Crippen LogP contribution in [-0.4, -0.2) is 51.0 Å². The molecule has 272 valence electrons. The number of ether oxygens (including phenoxy) is 2. The van der Waals surface area contributed by atoms with E-state index >= 15 is 0 Å². The molecule has 6 nitrogen and oxygen atoms in total. The lowest BCUT2D eigenvalue weighted by Crippen LogP contribution is -2.48. The second-order valence-electron chi connectivity index (χ2n) is 17.4. The smallest absolute Gasteiger partial charge is 0.302 e. The van der Waals surface area contributed by atoms with Gasteiger partial charge in [0.05, 0.1) is 17.3 Å². The fraction of sp³-hybridized carbons (Fsp3) is 0.762. The van der Waals surface area contributed by atoms with Crippen molar-refractivity contribution in [3.05, 3.63) is 46.6 Å². The Hall–Kier alpha value is -2.02. The average molecular weight is 669 g/mol. The van der Waals surface area contributed by atoms with Crippen LogP contribution in [0.4, 0.5) is 0 Å². The van der Waals surface area contributed by atoms with Crippen molar-refractivity contribution in [2.45, 2.75) is 189 Å². The van der Waals surface area contributed by atoms with Crippen molar-refractivity contribution < 1.29 is 29.3 Å². The summed E-state index contributed by atoms with van der Waals surface area (Å²) in [5.74, 6) is 0.0306.